The number of aromatic nitrogens is 1. The van der Waals surface area contributed by atoms with Crippen LogP contribution >= 0.6 is 11.6 Å². The minimum atomic E-state index is -0.0602. The molecule has 4 heteroatoms. The topological polar surface area (TPSA) is 33.2 Å². The first kappa shape index (κ1) is 14.0. The molecular formula is C13H19ClN2O. The van der Waals surface area contributed by atoms with E-state index in [0.29, 0.717) is 10.7 Å². The number of amides is 1. The van der Waals surface area contributed by atoms with Gasteiger partial charge in [-0.1, -0.05) is 11.6 Å². The van der Waals surface area contributed by atoms with Crippen molar-refractivity contribution in [1.29, 1.82) is 0 Å². The van der Waals surface area contributed by atoms with E-state index in [4.69, 9.17) is 11.6 Å². The van der Waals surface area contributed by atoms with Crippen LogP contribution in [-0.2, 0) is 0 Å². The molecule has 1 aromatic heterocycles. The summed E-state index contributed by atoms with van der Waals surface area (Å²) in [5.74, 6) is -0.0602. The largest absolute Gasteiger partial charge is 0.332 e. The predicted molar refractivity (Wildman–Crippen MR) is 70.4 cm³/mol. The van der Waals surface area contributed by atoms with E-state index in [0.717, 1.165) is 5.56 Å². The summed E-state index contributed by atoms with van der Waals surface area (Å²) in [5, 5.41) is 0.579. The zero-order valence-corrected chi connectivity index (χ0v) is 11.7. The second-order valence-electron chi connectivity index (χ2n) is 4.67. The van der Waals surface area contributed by atoms with E-state index in [1.165, 1.54) is 0 Å². The minimum Gasteiger partial charge on any atom is -0.332 e. The molecular weight excluding hydrogens is 236 g/mol. The Labute approximate surface area is 108 Å². The van der Waals surface area contributed by atoms with E-state index in [-0.39, 0.29) is 18.0 Å². The van der Waals surface area contributed by atoms with Crippen molar-refractivity contribution in [2.75, 3.05) is 0 Å². The van der Waals surface area contributed by atoms with Crippen molar-refractivity contribution in [1.82, 2.24) is 9.88 Å². The first-order valence-electron chi connectivity index (χ1n) is 5.80. The predicted octanol–water partition coefficient (Wildman–Crippen LogP) is 3.30. The Balaban J connectivity index is 3.15. The summed E-state index contributed by atoms with van der Waals surface area (Å²) in [6.07, 6.45) is 1.57. The Morgan fingerprint density at radius 2 is 1.82 bits per heavy atom. The second-order valence-corrected chi connectivity index (χ2v) is 5.07. The van der Waals surface area contributed by atoms with Crippen molar-refractivity contribution in [2.45, 2.75) is 46.7 Å². The maximum atomic E-state index is 12.4. The van der Waals surface area contributed by atoms with E-state index >= 15 is 0 Å². The summed E-state index contributed by atoms with van der Waals surface area (Å²) in [4.78, 5) is 18.4. The number of hydrogen-bond donors (Lipinski definition) is 0. The molecule has 0 aliphatic carbocycles. The van der Waals surface area contributed by atoms with E-state index in [1.807, 2.05) is 39.5 Å². The van der Waals surface area contributed by atoms with E-state index in [2.05, 4.69) is 4.98 Å². The van der Waals surface area contributed by atoms with Crippen molar-refractivity contribution in [3.63, 3.8) is 0 Å². The summed E-state index contributed by atoms with van der Waals surface area (Å²) in [6.45, 7) is 9.81. The van der Waals surface area contributed by atoms with Crippen molar-refractivity contribution in [2.24, 2.45) is 0 Å². The van der Waals surface area contributed by atoms with Gasteiger partial charge in [-0.15, -0.1) is 0 Å². The van der Waals surface area contributed by atoms with Gasteiger partial charge in [-0.25, -0.2) is 0 Å². The fourth-order valence-corrected chi connectivity index (χ4v) is 2.06. The molecule has 17 heavy (non-hydrogen) atoms. The summed E-state index contributed by atoms with van der Waals surface area (Å²) in [5.41, 5.74) is 1.19. The molecule has 1 heterocycles. The van der Waals surface area contributed by atoms with Gasteiger partial charge in [-0.3, -0.25) is 9.78 Å². The molecule has 0 atom stereocenters. The van der Waals surface area contributed by atoms with Crippen LogP contribution in [0.5, 0.6) is 0 Å². The fraction of sp³-hybridized carbons (Fsp3) is 0.538. The third kappa shape index (κ3) is 2.97. The molecule has 0 bridgehead atoms. The molecule has 3 nitrogen and oxygen atoms in total. The standard InChI is InChI=1S/C13H19ClN2O/c1-8(2)16(9(3)4)13(17)12-10(5)11(14)6-7-15-12/h6-9H,1-5H3. The average Bonchev–Trinajstić information content (AvgIpc) is 2.20. The number of halogens is 1. The first-order chi connectivity index (χ1) is 7.86. The van der Waals surface area contributed by atoms with Crippen LogP contribution in [0.3, 0.4) is 0 Å². The minimum absolute atomic E-state index is 0.0602. The average molecular weight is 255 g/mol. The Morgan fingerprint density at radius 1 is 1.29 bits per heavy atom. The van der Waals surface area contributed by atoms with Crippen molar-refractivity contribution in [3.8, 4) is 0 Å². The van der Waals surface area contributed by atoms with Gasteiger partial charge in [0.1, 0.15) is 5.69 Å². The van der Waals surface area contributed by atoms with Crippen LogP contribution in [0.25, 0.3) is 0 Å². The van der Waals surface area contributed by atoms with Crippen molar-refractivity contribution < 1.29 is 4.79 Å². The summed E-state index contributed by atoms with van der Waals surface area (Å²) >= 11 is 6.01. The maximum absolute atomic E-state index is 12.4. The van der Waals surface area contributed by atoms with Gasteiger partial charge in [-0.05, 0) is 46.2 Å². The monoisotopic (exact) mass is 254 g/mol. The molecule has 0 N–H and O–H groups in total. The SMILES string of the molecule is Cc1c(Cl)ccnc1C(=O)N(C(C)C)C(C)C. The number of rotatable bonds is 3. The molecule has 1 amide bonds. The summed E-state index contributed by atoms with van der Waals surface area (Å²) in [7, 11) is 0. The lowest BCUT2D eigenvalue weighted by Gasteiger charge is -2.30. The van der Waals surface area contributed by atoms with Gasteiger partial charge in [0.25, 0.3) is 5.91 Å². The zero-order valence-electron chi connectivity index (χ0n) is 11.0. The Hall–Kier alpha value is -1.09. The van der Waals surface area contributed by atoms with E-state index in [1.54, 1.807) is 12.3 Å². The summed E-state index contributed by atoms with van der Waals surface area (Å²) in [6, 6.07) is 1.98. The molecule has 0 saturated heterocycles. The van der Waals surface area contributed by atoms with Gasteiger partial charge in [-0.2, -0.15) is 0 Å². The van der Waals surface area contributed by atoms with E-state index < -0.39 is 0 Å². The quantitative estimate of drug-likeness (QED) is 0.829. The van der Waals surface area contributed by atoms with E-state index in [9.17, 15) is 4.79 Å². The number of pyridine rings is 1. The molecule has 1 aromatic rings. The lowest BCUT2D eigenvalue weighted by atomic mass is 10.1. The second kappa shape index (κ2) is 5.50. The summed E-state index contributed by atoms with van der Waals surface area (Å²) < 4.78 is 0. The normalized spacial score (nSPS) is 11.1. The first-order valence-corrected chi connectivity index (χ1v) is 6.17. The Morgan fingerprint density at radius 3 is 2.29 bits per heavy atom. The molecule has 1 rings (SSSR count). The van der Waals surface area contributed by atoms with Gasteiger partial charge in [0.15, 0.2) is 0 Å². The van der Waals surface area contributed by atoms with Gasteiger partial charge in [0, 0.05) is 23.3 Å². The van der Waals surface area contributed by atoms with Crippen LogP contribution in [0.4, 0.5) is 0 Å². The van der Waals surface area contributed by atoms with Crippen LogP contribution in [0, 0.1) is 6.92 Å². The lowest BCUT2D eigenvalue weighted by Crippen LogP contribution is -2.42. The molecule has 0 radical (unpaired) electrons. The van der Waals surface area contributed by atoms with Crippen LogP contribution in [-0.4, -0.2) is 27.9 Å². The van der Waals surface area contributed by atoms with Crippen molar-refractivity contribution in [3.05, 3.63) is 28.5 Å². The highest BCUT2D eigenvalue weighted by Gasteiger charge is 2.24. The zero-order chi connectivity index (χ0) is 13.2. The van der Waals surface area contributed by atoms with Gasteiger partial charge in [0.2, 0.25) is 0 Å². The lowest BCUT2D eigenvalue weighted by molar-refractivity contribution is 0.0636. The number of nitrogens with zero attached hydrogens (tertiary/aromatic N) is 2. The van der Waals surface area contributed by atoms with Gasteiger partial charge < -0.3 is 4.90 Å². The molecule has 0 aliphatic rings. The molecule has 0 fully saturated rings. The molecule has 0 aliphatic heterocycles. The van der Waals surface area contributed by atoms with Gasteiger partial charge in [0.05, 0.1) is 0 Å². The Bertz CT molecular complexity index is 408. The number of carbonyl (C=O) groups excluding carboxylic acids is 1. The Kier molecular flexibility index (Phi) is 4.52. The fourth-order valence-electron chi connectivity index (χ4n) is 1.92. The number of hydrogen-bond acceptors (Lipinski definition) is 2. The van der Waals surface area contributed by atoms with Crippen LogP contribution in [0.1, 0.15) is 43.7 Å². The third-order valence-electron chi connectivity index (χ3n) is 2.69. The third-order valence-corrected chi connectivity index (χ3v) is 3.10. The van der Waals surface area contributed by atoms with Crippen molar-refractivity contribution >= 4 is 17.5 Å². The van der Waals surface area contributed by atoms with Gasteiger partial charge >= 0.3 is 0 Å². The molecule has 94 valence electrons. The molecule has 0 saturated carbocycles. The molecule has 0 unspecified atom stereocenters. The smallest absolute Gasteiger partial charge is 0.273 e. The van der Waals surface area contributed by atoms with Crippen LogP contribution in [0.15, 0.2) is 12.3 Å². The molecule has 0 spiro atoms. The van der Waals surface area contributed by atoms with Crippen LogP contribution in [0.2, 0.25) is 5.02 Å². The highest BCUT2D eigenvalue weighted by Crippen LogP contribution is 2.19. The number of carbonyl (C=O) groups is 1. The highest BCUT2D eigenvalue weighted by atomic mass is 35.5. The maximum Gasteiger partial charge on any atom is 0.273 e. The van der Waals surface area contributed by atoms with Crippen LogP contribution < -0.4 is 0 Å². The molecule has 0 aromatic carbocycles. The highest BCUT2D eigenvalue weighted by molar-refractivity contribution is 6.31.